The minimum Gasteiger partial charge on any atom is -0.493 e. The lowest BCUT2D eigenvalue weighted by molar-refractivity contribution is 0.215. The fourth-order valence-corrected chi connectivity index (χ4v) is 1.15. The van der Waals surface area contributed by atoms with Gasteiger partial charge in [0.2, 0.25) is 0 Å². The van der Waals surface area contributed by atoms with Crippen molar-refractivity contribution in [2.75, 3.05) is 7.11 Å². The van der Waals surface area contributed by atoms with Crippen molar-refractivity contribution in [1.29, 1.82) is 0 Å². The molecule has 0 amide bonds. The van der Waals surface area contributed by atoms with Gasteiger partial charge in [-0.2, -0.15) is 0 Å². The topological polar surface area (TPSA) is 29.5 Å². The van der Waals surface area contributed by atoms with Crippen LogP contribution in [0.3, 0.4) is 0 Å². The molecule has 0 aliphatic carbocycles. The highest BCUT2D eigenvalue weighted by Gasteiger charge is 2.19. The number of methoxy groups -OCH3 is 1. The summed E-state index contributed by atoms with van der Waals surface area (Å²) in [6.07, 6.45) is -0.180. The van der Waals surface area contributed by atoms with E-state index in [1.807, 2.05) is 0 Å². The van der Waals surface area contributed by atoms with E-state index in [9.17, 15) is 13.9 Å². The van der Waals surface area contributed by atoms with Crippen LogP contribution in [-0.2, 0) is 0 Å². The Balaban J connectivity index is 3.36. The quantitative estimate of drug-likeness (QED) is 0.758. The molecule has 0 saturated carbocycles. The molecule has 0 spiro atoms. The zero-order chi connectivity index (χ0) is 10.7. The smallest absolute Gasteiger partial charge is 0.165 e. The van der Waals surface area contributed by atoms with Crippen molar-refractivity contribution in [2.45, 2.75) is 6.10 Å². The lowest BCUT2D eigenvalue weighted by Gasteiger charge is -2.12. The molecule has 1 unspecified atom stereocenters. The van der Waals surface area contributed by atoms with E-state index in [-0.39, 0.29) is 11.3 Å². The highest BCUT2D eigenvalue weighted by molar-refractivity contribution is 5.39. The number of aliphatic hydroxyl groups is 1. The predicted molar refractivity (Wildman–Crippen MR) is 48.1 cm³/mol. The molecule has 1 aromatic carbocycles. The summed E-state index contributed by atoms with van der Waals surface area (Å²) in [7, 11) is 1.21. The number of hydrogen-bond donors (Lipinski definition) is 1. The monoisotopic (exact) mass is 200 g/mol. The molecule has 14 heavy (non-hydrogen) atoms. The summed E-state index contributed by atoms with van der Waals surface area (Å²) in [5.74, 6) is -1.74. The van der Waals surface area contributed by atoms with Gasteiger partial charge in [0.15, 0.2) is 11.6 Å². The predicted octanol–water partition coefficient (Wildman–Crippen LogP) is 2.19. The maximum absolute atomic E-state index is 13.2. The maximum Gasteiger partial charge on any atom is 0.165 e. The van der Waals surface area contributed by atoms with Crippen LogP contribution >= 0.6 is 0 Å². The van der Waals surface area contributed by atoms with Gasteiger partial charge < -0.3 is 9.84 Å². The van der Waals surface area contributed by atoms with Crippen LogP contribution in [0.5, 0.6) is 5.75 Å². The van der Waals surface area contributed by atoms with Gasteiger partial charge in [-0.3, -0.25) is 0 Å². The lowest BCUT2D eigenvalue weighted by Crippen LogP contribution is -2.03. The molecule has 4 heteroatoms. The zero-order valence-corrected chi connectivity index (χ0v) is 7.63. The van der Waals surface area contributed by atoms with Gasteiger partial charge >= 0.3 is 0 Å². The Bertz CT molecular complexity index is 350. The van der Waals surface area contributed by atoms with Crippen molar-refractivity contribution < 1.29 is 18.6 Å². The summed E-state index contributed by atoms with van der Waals surface area (Å²) in [5.41, 5.74) is -0.234. The number of ether oxygens (including phenoxy) is 1. The van der Waals surface area contributed by atoms with E-state index < -0.39 is 17.7 Å². The molecule has 1 aromatic rings. The van der Waals surface area contributed by atoms with Gasteiger partial charge in [0.25, 0.3) is 0 Å². The summed E-state index contributed by atoms with van der Waals surface area (Å²) in [6.45, 7) is 3.29. The molecular formula is C10H10F2O2. The lowest BCUT2D eigenvalue weighted by atomic mass is 10.1. The number of rotatable bonds is 3. The van der Waals surface area contributed by atoms with Gasteiger partial charge in [0.1, 0.15) is 11.9 Å². The van der Waals surface area contributed by atoms with Gasteiger partial charge in [0, 0.05) is 0 Å². The second kappa shape index (κ2) is 4.19. The van der Waals surface area contributed by atoms with Crippen molar-refractivity contribution >= 4 is 0 Å². The fourth-order valence-electron chi connectivity index (χ4n) is 1.15. The second-order valence-electron chi connectivity index (χ2n) is 2.66. The third-order valence-corrected chi connectivity index (χ3v) is 1.82. The van der Waals surface area contributed by atoms with Crippen LogP contribution in [0.4, 0.5) is 8.78 Å². The van der Waals surface area contributed by atoms with Crippen LogP contribution < -0.4 is 4.74 Å². The first-order valence-corrected chi connectivity index (χ1v) is 3.94. The summed E-state index contributed by atoms with van der Waals surface area (Å²) in [6, 6.07) is 1.87. The van der Waals surface area contributed by atoms with E-state index in [2.05, 4.69) is 11.3 Å². The van der Waals surface area contributed by atoms with Crippen LogP contribution in [0.1, 0.15) is 11.7 Å². The molecule has 0 aliphatic rings. The van der Waals surface area contributed by atoms with Gasteiger partial charge in [-0.25, -0.2) is 8.78 Å². The van der Waals surface area contributed by atoms with Crippen molar-refractivity contribution in [1.82, 2.24) is 0 Å². The van der Waals surface area contributed by atoms with E-state index in [1.165, 1.54) is 7.11 Å². The minimum absolute atomic E-state index is 0.234. The summed E-state index contributed by atoms with van der Waals surface area (Å²) in [5, 5.41) is 9.34. The number of aliphatic hydroxyl groups excluding tert-OH is 1. The first kappa shape index (κ1) is 10.7. The molecule has 0 bridgehead atoms. The summed E-state index contributed by atoms with van der Waals surface area (Å²) >= 11 is 0. The SMILES string of the molecule is C=CC(O)c1c(F)ccc(F)c1OC. The van der Waals surface area contributed by atoms with Gasteiger partial charge in [0.05, 0.1) is 12.7 Å². The Hall–Kier alpha value is -1.42. The molecule has 0 aromatic heterocycles. The molecule has 1 rings (SSSR count). The average molecular weight is 200 g/mol. The van der Waals surface area contributed by atoms with Gasteiger partial charge in [-0.1, -0.05) is 6.08 Å². The molecule has 0 fully saturated rings. The molecule has 0 heterocycles. The fraction of sp³-hybridized carbons (Fsp3) is 0.200. The average Bonchev–Trinajstić information content (AvgIpc) is 2.19. The molecule has 2 nitrogen and oxygen atoms in total. The largest absolute Gasteiger partial charge is 0.493 e. The van der Waals surface area contributed by atoms with Gasteiger partial charge in [-0.05, 0) is 12.1 Å². The van der Waals surface area contributed by atoms with E-state index in [1.54, 1.807) is 0 Å². The van der Waals surface area contributed by atoms with Crippen LogP contribution in [0.25, 0.3) is 0 Å². The Kier molecular flexibility index (Phi) is 3.19. The van der Waals surface area contributed by atoms with Crippen molar-refractivity contribution in [3.63, 3.8) is 0 Å². The molecule has 1 N–H and O–H groups in total. The third-order valence-electron chi connectivity index (χ3n) is 1.82. The highest BCUT2D eigenvalue weighted by Crippen LogP contribution is 2.30. The first-order chi connectivity index (χ1) is 6.61. The normalized spacial score (nSPS) is 12.3. The number of halogens is 2. The summed E-state index contributed by atoms with van der Waals surface area (Å²) in [4.78, 5) is 0. The Morgan fingerprint density at radius 3 is 2.50 bits per heavy atom. The number of hydrogen-bond acceptors (Lipinski definition) is 2. The van der Waals surface area contributed by atoms with E-state index in [4.69, 9.17) is 0 Å². The van der Waals surface area contributed by atoms with Gasteiger partial charge in [-0.15, -0.1) is 6.58 Å². The standard InChI is InChI=1S/C10H10F2O2/c1-3-8(13)9-6(11)4-5-7(12)10(9)14-2/h3-5,8,13H,1H2,2H3. The third kappa shape index (κ3) is 1.75. The second-order valence-corrected chi connectivity index (χ2v) is 2.66. The zero-order valence-electron chi connectivity index (χ0n) is 7.63. The molecule has 0 radical (unpaired) electrons. The van der Waals surface area contributed by atoms with E-state index in [0.29, 0.717) is 0 Å². The Morgan fingerprint density at radius 2 is 2.00 bits per heavy atom. The minimum atomic E-state index is -1.28. The van der Waals surface area contributed by atoms with Crippen molar-refractivity contribution in [3.8, 4) is 5.75 Å². The highest BCUT2D eigenvalue weighted by atomic mass is 19.1. The first-order valence-electron chi connectivity index (χ1n) is 3.94. The molecule has 1 atom stereocenters. The van der Waals surface area contributed by atoms with Crippen LogP contribution in [0.15, 0.2) is 24.8 Å². The molecular weight excluding hydrogens is 190 g/mol. The Labute approximate surface area is 80.4 Å². The van der Waals surface area contributed by atoms with E-state index in [0.717, 1.165) is 18.2 Å². The molecule has 76 valence electrons. The number of benzene rings is 1. The Morgan fingerprint density at radius 1 is 1.43 bits per heavy atom. The van der Waals surface area contributed by atoms with Crippen molar-refractivity contribution in [3.05, 3.63) is 42.0 Å². The maximum atomic E-state index is 13.2. The molecule has 0 saturated heterocycles. The van der Waals surface area contributed by atoms with Crippen molar-refractivity contribution in [2.24, 2.45) is 0 Å². The van der Waals surface area contributed by atoms with Crippen LogP contribution in [0, 0.1) is 11.6 Å². The van der Waals surface area contributed by atoms with Crippen LogP contribution in [0.2, 0.25) is 0 Å². The van der Waals surface area contributed by atoms with E-state index >= 15 is 0 Å². The molecule has 0 aliphatic heterocycles. The summed E-state index contributed by atoms with van der Waals surface area (Å²) < 4.78 is 30.9. The van der Waals surface area contributed by atoms with Crippen LogP contribution in [-0.4, -0.2) is 12.2 Å².